The maximum atomic E-state index is 10.8. The summed E-state index contributed by atoms with van der Waals surface area (Å²) in [7, 11) is 1.66. The molecule has 2 N–H and O–H groups in total. The second-order valence-electron chi connectivity index (χ2n) is 2.24. The first-order valence-corrected chi connectivity index (χ1v) is 2.88. The zero-order chi connectivity index (χ0) is 7.72. The van der Waals surface area contributed by atoms with Gasteiger partial charge < -0.3 is 10.6 Å². The lowest BCUT2D eigenvalue weighted by Crippen LogP contribution is -2.36. The fourth-order valence-electron chi connectivity index (χ4n) is 0.702. The molecule has 4 nitrogen and oxygen atoms in total. The van der Waals surface area contributed by atoms with E-state index in [9.17, 15) is 4.79 Å². The maximum Gasteiger partial charge on any atom is 0.345 e. The van der Waals surface area contributed by atoms with Crippen molar-refractivity contribution in [3.63, 3.8) is 0 Å². The number of nitrogens with two attached hydrogens (primary N) is 1. The molecule has 1 aliphatic rings. The first-order valence-electron chi connectivity index (χ1n) is 2.88. The number of carbonyl (C=O) groups excluding carboxylic acids is 1. The Kier molecular flexibility index (Phi) is 1.45. The van der Waals surface area contributed by atoms with E-state index in [2.05, 4.69) is 11.6 Å². The van der Waals surface area contributed by atoms with Gasteiger partial charge in [-0.25, -0.2) is 4.79 Å². The summed E-state index contributed by atoms with van der Waals surface area (Å²) in [5, 5.41) is 0. The van der Waals surface area contributed by atoms with Crippen molar-refractivity contribution in [2.75, 3.05) is 13.6 Å². The number of hydrogen-bond acceptors (Lipinski definition) is 2. The molecule has 0 radical (unpaired) electrons. The highest BCUT2D eigenvalue weighted by atomic mass is 16.2. The highest BCUT2D eigenvalue weighted by Crippen LogP contribution is 2.03. The summed E-state index contributed by atoms with van der Waals surface area (Å²) in [6, 6.07) is -0.301. The summed E-state index contributed by atoms with van der Waals surface area (Å²) >= 11 is 0. The van der Waals surface area contributed by atoms with Crippen molar-refractivity contribution >= 4 is 11.9 Å². The first kappa shape index (κ1) is 6.80. The number of hydrogen-bond donors (Lipinski definition) is 1. The van der Waals surface area contributed by atoms with Crippen LogP contribution in [0.1, 0.15) is 0 Å². The van der Waals surface area contributed by atoms with Crippen LogP contribution >= 0.6 is 0 Å². The third kappa shape index (κ3) is 1.00. The van der Waals surface area contributed by atoms with Gasteiger partial charge in [0.25, 0.3) is 0 Å². The molecule has 0 saturated carbocycles. The van der Waals surface area contributed by atoms with Gasteiger partial charge in [-0.3, -0.25) is 0 Å². The highest BCUT2D eigenvalue weighted by molar-refractivity contribution is 6.05. The van der Waals surface area contributed by atoms with Gasteiger partial charge in [0.1, 0.15) is 5.84 Å². The van der Waals surface area contributed by atoms with E-state index in [1.807, 2.05) is 0 Å². The number of amidine groups is 1. The minimum Gasteiger partial charge on any atom is -0.383 e. The molecule has 0 aromatic carbocycles. The summed E-state index contributed by atoms with van der Waals surface area (Å²) in [4.78, 5) is 15.8. The van der Waals surface area contributed by atoms with Crippen LogP contribution in [0.5, 0.6) is 0 Å². The normalized spacial score (nSPS) is 19.3. The molecule has 0 aromatic rings. The third-order valence-corrected chi connectivity index (χ3v) is 1.33. The molecular weight excluding hydrogens is 130 g/mol. The SMILES string of the molecule is C=C1CN(C)C(=O)N=C1N. The van der Waals surface area contributed by atoms with Crippen molar-refractivity contribution < 1.29 is 4.79 Å². The number of nitrogens with zero attached hydrogens (tertiary/aromatic N) is 2. The van der Waals surface area contributed by atoms with E-state index in [-0.39, 0.29) is 11.9 Å². The molecule has 1 heterocycles. The molecule has 54 valence electrons. The predicted octanol–water partition coefficient (Wildman–Crippen LogP) is -0.0348. The molecule has 2 amide bonds. The van der Waals surface area contributed by atoms with Crippen LogP contribution in [-0.2, 0) is 0 Å². The van der Waals surface area contributed by atoms with Crippen molar-refractivity contribution in [3.8, 4) is 0 Å². The van der Waals surface area contributed by atoms with E-state index >= 15 is 0 Å². The minimum absolute atomic E-state index is 0.253. The van der Waals surface area contributed by atoms with E-state index in [4.69, 9.17) is 5.73 Å². The lowest BCUT2D eigenvalue weighted by atomic mass is 10.2. The largest absolute Gasteiger partial charge is 0.383 e. The van der Waals surface area contributed by atoms with Gasteiger partial charge in [0.15, 0.2) is 0 Å². The molecule has 0 unspecified atom stereocenters. The first-order chi connectivity index (χ1) is 4.61. The van der Waals surface area contributed by atoms with Crippen molar-refractivity contribution in [2.45, 2.75) is 0 Å². The van der Waals surface area contributed by atoms with Crippen molar-refractivity contribution in [1.29, 1.82) is 0 Å². The predicted molar refractivity (Wildman–Crippen MR) is 38.8 cm³/mol. The van der Waals surface area contributed by atoms with Gasteiger partial charge in [-0.05, 0) is 0 Å². The van der Waals surface area contributed by atoms with Crippen LogP contribution in [0, 0.1) is 0 Å². The monoisotopic (exact) mass is 139 g/mol. The van der Waals surface area contributed by atoms with E-state index in [1.54, 1.807) is 7.05 Å². The molecule has 0 fully saturated rings. The summed E-state index contributed by atoms with van der Waals surface area (Å²) in [6.45, 7) is 4.11. The van der Waals surface area contributed by atoms with E-state index < -0.39 is 0 Å². The van der Waals surface area contributed by atoms with Crippen LogP contribution < -0.4 is 5.73 Å². The average Bonchev–Trinajstić information content (AvgIpc) is 1.84. The Morgan fingerprint density at radius 1 is 1.80 bits per heavy atom. The Hall–Kier alpha value is -1.32. The number of amides is 2. The topological polar surface area (TPSA) is 58.7 Å². The summed E-state index contributed by atoms with van der Waals surface area (Å²) in [5.74, 6) is 0.253. The molecule has 0 bridgehead atoms. The van der Waals surface area contributed by atoms with E-state index in [0.29, 0.717) is 12.1 Å². The smallest absolute Gasteiger partial charge is 0.345 e. The van der Waals surface area contributed by atoms with Gasteiger partial charge >= 0.3 is 6.03 Å². The molecule has 0 aromatic heterocycles. The molecule has 1 rings (SSSR count). The molecule has 0 aliphatic carbocycles. The van der Waals surface area contributed by atoms with Gasteiger partial charge in [0, 0.05) is 12.6 Å². The lowest BCUT2D eigenvalue weighted by Gasteiger charge is -2.20. The van der Waals surface area contributed by atoms with Crippen LogP contribution in [0.4, 0.5) is 4.79 Å². The molecule has 0 spiro atoms. The van der Waals surface area contributed by atoms with Crippen molar-refractivity contribution in [1.82, 2.24) is 4.90 Å². The van der Waals surface area contributed by atoms with Crippen LogP contribution in [0.2, 0.25) is 0 Å². The standard InChI is InChI=1S/C6H9N3O/c1-4-3-9(2)6(10)8-5(4)7/h1,3H2,2H3,(H2,7,8,10). The Morgan fingerprint density at radius 3 is 2.90 bits per heavy atom. The zero-order valence-corrected chi connectivity index (χ0v) is 5.79. The molecule has 4 heteroatoms. The summed E-state index contributed by atoms with van der Waals surface area (Å²) in [5.41, 5.74) is 6.03. The average molecular weight is 139 g/mol. The Morgan fingerprint density at radius 2 is 2.40 bits per heavy atom. The zero-order valence-electron chi connectivity index (χ0n) is 5.79. The highest BCUT2D eigenvalue weighted by Gasteiger charge is 2.16. The van der Waals surface area contributed by atoms with Gasteiger partial charge in [0.2, 0.25) is 0 Å². The van der Waals surface area contributed by atoms with Gasteiger partial charge in [-0.2, -0.15) is 4.99 Å². The molecular formula is C6H9N3O. The van der Waals surface area contributed by atoms with E-state index in [1.165, 1.54) is 4.90 Å². The number of likely N-dealkylation sites (N-methyl/N-ethyl adjacent to an activating group) is 1. The summed E-state index contributed by atoms with van der Waals surface area (Å²) < 4.78 is 0. The van der Waals surface area contributed by atoms with Crippen molar-refractivity contribution in [3.05, 3.63) is 12.2 Å². The number of urea groups is 1. The fourth-order valence-corrected chi connectivity index (χ4v) is 0.702. The Bertz CT molecular complexity index is 219. The van der Waals surface area contributed by atoms with Gasteiger partial charge in [-0.15, -0.1) is 0 Å². The van der Waals surface area contributed by atoms with Crippen LogP contribution in [0.25, 0.3) is 0 Å². The van der Waals surface area contributed by atoms with Crippen LogP contribution in [-0.4, -0.2) is 30.4 Å². The Labute approximate surface area is 59.0 Å². The van der Waals surface area contributed by atoms with Gasteiger partial charge in [-0.1, -0.05) is 6.58 Å². The third-order valence-electron chi connectivity index (χ3n) is 1.33. The van der Waals surface area contributed by atoms with Gasteiger partial charge in [0.05, 0.1) is 6.54 Å². The quantitative estimate of drug-likeness (QED) is 0.512. The summed E-state index contributed by atoms with van der Waals surface area (Å²) in [6.07, 6.45) is 0. The second-order valence-corrected chi connectivity index (χ2v) is 2.24. The van der Waals surface area contributed by atoms with Crippen molar-refractivity contribution in [2.24, 2.45) is 10.7 Å². The molecule has 1 aliphatic heterocycles. The molecule has 10 heavy (non-hydrogen) atoms. The van der Waals surface area contributed by atoms with E-state index in [0.717, 1.165) is 0 Å². The molecule has 0 saturated heterocycles. The number of carbonyl (C=O) groups is 1. The minimum atomic E-state index is -0.301. The second kappa shape index (κ2) is 2.13. The lowest BCUT2D eigenvalue weighted by molar-refractivity contribution is 0.221. The Balaban J connectivity index is 2.90. The van der Waals surface area contributed by atoms with Crippen LogP contribution in [0.3, 0.4) is 0 Å². The number of aliphatic imine (C=N–C) groups is 1. The van der Waals surface area contributed by atoms with Crippen LogP contribution in [0.15, 0.2) is 17.1 Å². The fraction of sp³-hybridized carbons (Fsp3) is 0.333. The number of rotatable bonds is 0. The maximum absolute atomic E-state index is 10.8. The molecule has 0 atom stereocenters.